The topological polar surface area (TPSA) is 90.3 Å². The lowest BCUT2D eigenvalue weighted by atomic mass is 9.72. The molecule has 1 aliphatic rings. The van der Waals surface area contributed by atoms with Gasteiger partial charge in [0, 0.05) is 18.8 Å². The fraction of sp³-hybridized carbons (Fsp3) is 0.333. The summed E-state index contributed by atoms with van der Waals surface area (Å²) in [7, 11) is -3.30. The molecular formula is C21H22ClN3O3S. The molecule has 6 nitrogen and oxygen atoms in total. The average Bonchev–Trinajstić information content (AvgIpc) is 2.75. The summed E-state index contributed by atoms with van der Waals surface area (Å²) in [5.41, 5.74) is 0.755. The number of rotatable bonds is 5. The van der Waals surface area contributed by atoms with Crippen LogP contribution < -0.4 is 5.32 Å². The maximum atomic E-state index is 13.4. The molecule has 3 rings (SSSR count). The van der Waals surface area contributed by atoms with E-state index in [1.807, 2.05) is 36.4 Å². The molecule has 0 unspecified atom stereocenters. The van der Waals surface area contributed by atoms with E-state index < -0.39 is 15.4 Å². The van der Waals surface area contributed by atoms with Crippen LogP contribution >= 0.6 is 11.6 Å². The van der Waals surface area contributed by atoms with Crippen LogP contribution in [0, 0.1) is 11.3 Å². The van der Waals surface area contributed by atoms with Crippen LogP contribution in [0.2, 0.25) is 5.02 Å². The average molecular weight is 432 g/mol. The van der Waals surface area contributed by atoms with Gasteiger partial charge in [-0.2, -0.15) is 5.26 Å². The highest BCUT2D eigenvalue weighted by atomic mass is 35.5. The minimum Gasteiger partial charge on any atom is -0.325 e. The standard InChI is InChI=1S/C21H22ClN3O3S/c1-2-29(27,28)25-12-10-21(11-13-25,17-6-4-3-5-7-17)20(26)24-18-8-9-19(22)16(14-18)15-23/h3-9,14H,2,10-13H2,1H3,(H,24,26). The number of hydrogen-bond donors (Lipinski definition) is 1. The van der Waals surface area contributed by atoms with Crippen molar-refractivity contribution in [2.24, 2.45) is 0 Å². The first kappa shape index (κ1) is 21.3. The summed E-state index contributed by atoms with van der Waals surface area (Å²) in [5.74, 6) is -0.178. The Bertz CT molecular complexity index is 1040. The summed E-state index contributed by atoms with van der Waals surface area (Å²) in [6.07, 6.45) is 0.752. The molecule has 0 spiro atoms. The van der Waals surface area contributed by atoms with Crippen LogP contribution in [0.25, 0.3) is 0 Å². The second kappa shape index (κ2) is 8.54. The number of nitrogens with one attached hydrogen (secondary N) is 1. The van der Waals surface area contributed by atoms with Gasteiger partial charge in [-0.1, -0.05) is 41.9 Å². The molecule has 29 heavy (non-hydrogen) atoms. The van der Waals surface area contributed by atoms with Crippen molar-refractivity contribution in [2.45, 2.75) is 25.2 Å². The highest BCUT2D eigenvalue weighted by Crippen LogP contribution is 2.38. The number of sulfonamides is 1. The molecule has 1 heterocycles. The first-order chi connectivity index (χ1) is 13.8. The molecule has 2 aromatic carbocycles. The monoisotopic (exact) mass is 431 g/mol. The Morgan fingerprint density at radius 1 is 1.21 bits per heavy atom. The summed E-state index contributed by atoms with van der Waals surface area (Å²) < 4.78 is 26.0. The predicted molar refractivity (Wildman–Crippen MR) is 113 cm³/mol. The van der Waals surface area contributed by atoms with Gasteiger partial charge in [0.1, 0.15) is 6.07 Å². The summed E-state index contributed by atoms with van der Waals surface area (Å²) in [6.45, 7) is 2.18. The maximum absolute atomic E-state index is 13.4. The number of piperidine rings is 1. The van der Waals surface area contributed by atoms with Gasteiger partial charge in [0.25, 0.3) is 0 Å². The van der Waals surface area contributed by atoms with Crippen molar-refractivity contribution in [1.29, 1.82) is 5.26 Å². The Morgan fingerprint density at radius 2 is 1.86 bits per heavy atom. The summed E-state index contributed by atoms with van der Waals surface area (Å²) >= 11 is 5.98. The molecule has 0 atom stereocenters. The van der Waals surface area contributed by atoms with Crippen molar-refractivity contribution in [3.8, 4) is 6.07 Å². The zero-order valence-electron chi connectivity index (χ0n) is 16.1. The summed E-state index contributed by atoms with van der Waals surface area (Å²) in [5, 5.41) is 12.4. The van der Waals surface area contributed by atoms with Crippen LogP contribution in [0.15, 0.2) is 48.5 Å². The van der Waals surface area contributed by atoms with E-state index in [9.17, 15) is 18.5 Å². The highest BCUT2D eigenvalue weighted by molar-refractivity contribution is 7.89. The smallest absolute Gasteiger partial charge is 0.235 e. The molecule has 1 saturated heterocycles. The number of amides is 1. The molecule has 0 saturated carbocycles. The van der Waals surface area contributed by atoms with E-state index in [2.05, 4.69) is 5.32 Å². The van der Waals surface area contributed by atoms with Crippen LogP contribution in [-0.2, 0) is 20.2 Å². The van der Waals surface area contributed by atoms with Crippen LogP contribution in [-0.4, -0.2) is 37.5 Å². The van der Waals surface area contributed by atoms with E-state index in [-0.39, 0.29) is 30.3 Å². The number of benzene rings is 2. The zero-order chi connectivity index (χ0) is 21.1. The van der Waals surface area contributed by atoms with Gasteiger partial charge < -0.3 is 5.32 Å². The summed E-state index contributed by atoms with van der Waals surface area (Å²) in [6, 6.07) is 16.2. The van der Waals surface area contributed by atoms with Gasteiger partial charge in [0.2, 0.25) is 15.9 Å². The van der Waals surface area contributed by atoms with E-state index >= 15 is 0 Å². The Hall–Kier alpha value is -2.40. The molecule has 152 valence electrons. The zero-order valence-corrected chi connectivity index (χ0v) is 17.6. The predicted octanol–water partition coefficient (Wildman–Crippen LogP) is 3.53. The van der Waals surface area contributed by atoms with Crippen LogP contribution in [0.1, 0.15) is 30.9 Å². The minimum absolute atomic E-state index is 0.0409. The van der Waals surface area contributed by atoms with Gasteiger partial charge in [0.15, 0.2) is 0 Å². The number of hydrogen-bond acceptors (Lipinski definition) is 4. The van der Waals surface area contributed by atoms with E-state index in [0.717, 1.165) is 5.56 Å². The molecule has 2 aromatic rings. The molecule has 0 radical (unpaired) electrons. The van der Waals surface area contributed by atoms with Crippen molar-refractivity contribution in [2.75, 3.05) is 24.2 Å². The second-order valence-corrected chi connectivity index (χ2v) is 9.67. The third-order valence-corrected chi connectivity index (χ3v) is 7.65. The largest absolute Gasteiger partial charge is 0.325 e. The lowest BCUT2D eigenvalue weighted by Gasteiger charge is -2.40. The number of anilines is 1. The van der Waals surface area contributed by atoms with Crippen molar-refractivity contribution in [1.82, 2.24) is 4.31 Å². The van der Waals surface area contributed by atoms with Crippen molar-refractivity contribution in [3.63, 3.8) is 0 Å². The van der Waals surface area contributed by atoms with Crippen molar-refractivity contribution in [3.05, 3.63) is 64.7 Å². The van der Waals surface area contributed by atoms with Gasteiger partial charge in [-0.15, -0.1) is 0 Å². The molecule has 0 aliphatic carbocycles. The van der Waals surface area contributed by atoms with E-state index in [0.29, 0.717) is 23.6 Å². The molecule has 1 N–H and O–H groups in total. The Labute approximate surface area is 176 Å². The maximum Gasteiger partial charge on any atom is 0.235 e. The van der Waals surface area contributed by atoms with E-state index in [1.54, 1.807) is 19.1 Å². The lowest BCUT2D eigenvalue weighted by molar-refractivity contribution is -0.123. The minimum atomic E-state index is -3.30. The van der Waals surface area contributed by atoms with Gasteiger partial charge in [-0.3, -0.25) is 4.79 Å². The van der Waals surface area contributed by atoms with Gasteiger partial charge in [-0.05, 0) is 43.5 Å². The molecule has 8 heteroatoms. The highest BCUT2D eigenvalue weighted by Gasteiger charge is 2.44. The quantitative estimate of drug-likeness (QED) is 0.783. The molecule has 0 bridgehead atoms. The van der Waals surface area contributed by atoms with Gasteiger partial charge >= 0.3 is 0 Å². The Morgan fingerprint density at radius 3 is 2.45 bits per heavy atom. The van der Waals surface area contributed by atoms with Crippen LogP contribution in [0.5, 0.6) is 0 Å². The number of halogens is 1. The molecule has 1 aliphatic heterocycles. The second-order valence-electron chi connectivity index (χ2n) is 7.01. The van der Waals surface area contributed by atoms with Crippen molar-refractivity contribution < 1.29 is 13.2 Å². The van der Waals surface area contributed by atoms with Gasteiger partial charge in [0.05, 0.1) is 21.8 Å². The number of carbonyl (C=O) groups excluding carboxylic acids is 1. The molecule has 1 amide bonds. The number of nitriles is 1. The first-order valence-electron chi connectivity index (χ1n) is 9.37. The van der Waals surface area contributed by atoms with Gasteiger partial charge in [-0.25, -0.2) is 12.7 Å². The third-order valence-electron chi connectivity index (χ3n) is 5.44. The fourth-order valence-electron chi connectivity index (χ4n) is 3.67. The lowest BCUT2D eigenvalue weighted by Crippen LogP contribution is -2.51. The SMILES string of the molecule is CCS(=O)(=O)N1CCC(C(=O)Nc2ccc(Cl)c(C#N)c2)(c2ccccc2)CC1. The number of nitrogens with zero attached hydrogens (tertiary/aromatic N) is 2. The fourth-order valence-corrected chi connectivity index (χ4v) is 4.94. The Balaban J connectivity index is 1.91. The van der Waals surface area contributed by atoms with E-state index in [4.69, 9.17) is 11.6 Å². The van der Waals surface area contributed by atoms with Crippen LogP contribution in [0.3, 0.4) is 0 Å². The molecule has 1 fully saturated rings. The molecule has 0 aromatic heterocycles. The third kappa shape index (κ3) is 4.30. The first-order valence-corrected chi connectivity index (χ1v) is 11.4. The normalized spacial score (nSPS) is 16.7. The summed E-state index contributed by atoms with van der Waals surface area (Å²) in [4.78, 5) is 13.4. The number of carbonyl (C=O) groups is 1. The van der Waals surface area contributed by atoms with Crippen molar-refractivity contribution >= 4 is 33.2 Å². The molecular weight excluding hydrogens is 410 g/mol. The van der Waals surface area contributed by atoms with Crippen LogP contribution in [0.4, 0.5) is 5.69 Å². The van der Waals surface area contributed by atoms with E-state index in [1.165, 1.54) is 10.4 Å². The Kier molecular flexibility index (Phi) is 6.27.